The molecule has 0 aliphatic rings. The smallest absolute Gasteiger partial charge is 0.0370 e. The predicted molar refractivity (Wildman–Crippen MR) is 75.0 cm³/mol. The molecule has 1 aromatic rings. The molecule has 1 aromatic carbocycles. The zero-order chi connectivity index (χ0) is 11.1. The standard InChI is InChI=1S/C12H18BrNS/c1-3-15-8-4-7-14-12-6-5-11(13)9-10(12)2/h5-6,9,14H,3-4,7-8H2,1-2H3. The summed E-state index contributed by atoms with van der Waals surface area (Å²) in [6.45, 7) is 5.40. The quantitative estimate of drug-likeness (QED) is 0.783. The second kappa shape index (κ2) is 7.18. The van der Waals surface area contributed by atoms with Crippen LogP contribution >= 0.6 is 27.7 Å². The van der Waals surface area contributed by atoms with Crippen molar-refractivity contribution in [3.05, 3.63) is 28.2 Å². The number of halogens is 1. The van der Waals surface area contributed by atoms with Crippen LogP contribution < -0.4 is 5.32 Å². The number of thioether (sulfide) groups is 1. The number of nitrogens with one attached hydrogen (secondary N) is 1. The molecule has 0 aromatic heterocycles. The summed E-state index contributed by atoms with van der Waals surface area (Å²) in [6, 6.07) is 6.35. The number of benzene rings is 1. The van der Waals surface area contributed by atoms with Crippen LogP contribution in [-0.4, -0.2) is 18.1 Å². The first-order valence-electron chi connectivity index (χ1n) is 5.32. The van der Waals surface area contributed by atoms with Crippen LogP contribution in [0.2, 0.25) is 0 Å². The molecular formula is C12H18BrNS. The Labute approximate surface area is 105 Å². The Kier molecular flexibility index (Phi) is 6.18. The number of rotatable bonds is 6. The molecule has 1 nitrogen and oxygen atoms in total. The fraction of sp³-hybridized carbons (Fsp3) is 0.500. The maximum atomic E-state index is 3.47. The third-order valence-electron chi connectivity index (χ3n) is 2.17. The molecule has 0 fully saturated rings. The molecular weight excluding hydrogens is 270 g/mol. The summed E-state index contributed by atoms with van der Waals surface area (Å²) >= 11 is 5.47. The van der Waals surface area contributed by atoms with Crippen molar-refractivity contribution in [2.45, 2.75) is 20.3 Å². The van der Waals surface area contributed by atoms with Crippen molar-refractivity contribution in [3.63, 3.8) is 0 Å². The first-order chi connectivity index (χ1) is 7.24. The number of hydrogen-bond donors (Lipinski definition) is 1. The minimum Gasteiger partial charge on any atom is -0.385 e. The Morgan fingerprint density at radius 2 is 2.20 bits per heavy atom. The van der Waals surface area contributed by atoms with Crippen molar-refractivity contribution < 1.29 is 0 Å². The molecule has 0 spiro atoms. The predicted octanol–water partition coefficient (Wildman–Crippen LogP) is 4.31. The van der Waals surface area contributed by atoms with Gasteiger partial charge in [0, 0.05) is 16.7 Å². The molecule has 15 heavy (non-hydrogen) atoms. The summed E-state index contributed by atoms with van der Waals surface area (Å²) in [5.74, 6) is 2.47. The van der Waals surface area contributed by atoms with Gasteiger partial charge in [0.1, 0.15) is 0 Å². The Hall–Kier alpha value is -0.150. The van der Waals surface area contributed by atoms with E-state index in [0.29, 0.717) is 0 Å². The van der Waals surface area contributed by atoms with Gasteiger partial charge in [-0.2, -0.15) is 11.8 Å². The Morgan fingerprint density at radius 1 is 1.40 bits per heavy atom. The fourth-order valence-electron chi connectivity index (χ4n) is 1.37. The van der Waals surface area contributed by atoms with Gasteiger partial charge in [0.15, 0.2) is 0 Å². The zero-order valence-electron chi connectivity index (χ0n) is 9.35. The maximum absolute atomic E-state index is 3.47. The van der Waals surface area contributed by atoms with Crippen LogP contribution in [0.3, 0.4) is 0 Å². The van der Waals surface area contributed by atoms with E-state index in [4.69, 9.17) is 0 Å². The summed E-state index contributed by atoms with van der Waals surface area (Å²) in [6.07, 6.45) is 1.23. The van der Waals surface area contributed by atoms with Crippen LogP contribution in [0.1, 0.15) is 18.9 Å². The molecule has 1 rings (SSSR count). The lowest BCUT2D eigenvalue weighted by Crippen LogP contribution is -2.03. The highest BCUT2D eigenvalue weighted by molar-refractivity contribution is 9.10. The van der Waals surface area contributed by atoms with Gasteiger partial charge < -0.3 is 5.32 Å². The van der Waals surface area contributed by atoms with Crippen LogP contribution in [0.5, 0.6) is 0 Å². The van der Waals surface area contributed by atoms with E-state index in [0.717, 1.165) is 11.0 Å². The normalized spacial score (nSPS) is 10.3. The Balaban J connectivity index is 2.31. The van der Waals surface area contributed by atoms with Gasteiger partial charge in [0.25, 0.3) is 0 Å². The summed E-state index contributed by atoms with van der Waals surface area (Å²) < 4.78 is 1.15. The molecule has 84 valence electrons. The number of hydrogen-bond acceptors (Lipinski definition) is 2. The third kappa shape index (κ3) is 4.94. The van der Waals surface area contributed by atoms with E-state index in [-0.39, 0.29) is 0 Å². The Morgan fingerprint density at radius 3 is 2.87 bits per heavy atom. The molecule has 0 bridgehead atoms. The molecule has 3 heteroatoms. The van der Waals surface area contributed by atoms with Crippen LogP contribution in [0.15, 0.2) is 22.7 Å². The van der Waals surface area contributed by atoms with E-state index in [1.165, 1.54) is 29.2 Å². The van der Waals surface area contributed by atoms with E-state index >= 15 is 0 Å². The van der Waals surface area contributed by atoms with E-state index in [2.05, 4.69) is 53.3 Å². The summed E-state index contributed by atoms with van der Waals surface area (Å²) in [5, 5.41) is 3.46. The van der Waals surface area contributed by atoms with Crippen molar-refractivity contribution in [1.82, 2.24) is 0 Å². The minimum absolute atomic E-state index is 1.06. The largest absolute Gasteiger partial charge is 0.385 e. The van der Waals surface area contributed by atoms with Crippen LogP contribution in [0.4, 0.5) is 5.69 Å². The molecule has 0 radical (unpaired) electrons. The van der Waals surface area contributed by atoms with Crippen molar-refractivity contribution >= 4 is 33.4 Å². The average Bonchev–Trinajstić information content (AvgIpc) is 2.20. The molecule has 1 N–H and O–H groups in total. The molecule has 0 saturated carbocycles. The maximum Gasteiger partial charge on any atom is 0.0370 e. The Bertz CT molecular complexity index is 302. The highest BCUT2D eigenvalue weighted by Crippen LogP contribution is 2.19. The summed E-state index contributed by atoms with van der Waals surface area (Å²) in [5.41, 5.74) is 2.55. The highest BCUT2D eigenvalue weighted by atomic mass is 79.9. The lowest BCUT2D eigenvalue weighted by atomic mass is 10.2. The van der Waals surface area contributed by atoms with Crippen molar-refractivity contribution in [3.8, 4) is 0 Å². The first kappa shape index (κ1) is 12.9. The molecule has 0 aliphatic heterocycles. The van der Waals surface area contributed by atoms with Gasteiger partial charge in [-0.25, -0.2) is 0 Å². The molecule has 0 amide bonds. The topological polar surface area (TPSA) is 12.0 Å². The SMILES string of the molecule is CCSCCCNc1ccc(Br)cc1C. The van der Waals surface area contributed by atoms with Crippen molar-refractivity contribution in [2.75, 3.05) is 23.4 Å². The average molecular weight is 288 g/mol. The highest BCUT2D eigenvalue weighted by Gasteiger charge is 1.97. The van der Waals surface area contributed by atoms with Gasteiger partial charge in [0.2, 0.25) is 0 Å². The van der Waals surface area contributed by atoms with Gasteiger partial charge in [0.05, 0.1) is 0 Å². The summed E-state index contributed by atoms with van der Waals surface area (Å²) in [4.78, 5) is 0. The van der Waals surface area contributed by atoms with Gasteiger partial charge in [-0.05, 0) is 48.6 Å². The summed E-state index contributed by atoms with van der Waals surface area (Å²) in [7, 11) is 0. The number of aryl methyl sites for hydroxylation is 1. The third-order valence-corrected chi connectivity index (χ3v) is 3.65. The molecule has 0 saturated heterocycles. The van der Waals surface area contributed by atoms with Crippen molar-refractivity contribution in [1.29, 1.82) is 0 Å². The van der Waals surface area contributed by atoms with Gasteiger partial charge in [-0.3, -0.25) is 0 Å². The first-order valence-corrected chi connectivity index (χ1v) is 7.26. The van der Waals surface area contributed by atoms with Crippen LogP contribution in [-0.2, 0) is 0 Å². The molecule has 0 atom stereocenters. The van der Waals surface area contributed by atoms with Crippen LogP contribution in [0.25, 0.3) is 0 Å². The fourth-order valence-corrected chi connectivity index (χ4v) is 2.48. The molecule has 0 aliphatic carbocycles. The molecule has 0 heterocycles. The number of anilines is 1. The van der Waals surface area contributed by atoms with E-state index < -0.39 is 0 Å². The minimum atomic E-state index is 1.06. The van der Waals surface area contributed by atoms with Gasteiger partial charge in [-0.15, -0.1) is 0 Å². The zero-order valence-corrected chi connectivity index (χ0v) is 11.7. The monoisotopic (exact) mass is 287 g/mol. The lowest BCUT2D eigenvalue weighted by molar-refractivity contribution is 0.989. The van der Waals surface area contributed by atoms with E-state index in [9.17, 15) is 0 Å². The van der Waals surface area contributed by atoms with Gasteiger partial charge in [-0.1, -0.05) is 22.9 Å². The van der Waals surface area contributed by atoms with Crippen molar-refractivity contribution in [2.24, 2.45) is 0 Å². The van der Waals surface area contributed by atoms with E-state index in [1.54, 1.807) is 0 Å². The van der Waals surface area contributed by atoms with Gasteiger partial charge >= 0.3 is 0 Å². The molecule has 0 unspecified atom stereocenters. The van der Waals surface area contributed by atoms with E-state index in [1.807, 2.05) is 11.8 Å². The van der Waals surface area contributed by atoms with Crippen LogP contribution in [0, 0.1) is 6.92 Å². The second-order valence-electron chi connectivity index (χ2n) is 3.44. The second-order valence-corrected chi connectivity index (χ2v) is 5.75. The lowest BCUT2D eigenvalue weighted by Gasteiger charge is -2.09.